The molecule has 0 saturated heterocycles. The van der Waals surface area contributed by atoms with Crippen LogP contribution in [-0.2, 0) is 4.79 Å². The van der Waals surface area contributed by atoms with Gasteiger partial charge in [-0.25, -0.2) is 4.79 Å². The first-order valence-corrected chi connectivity index (χ1v) is 5.86. The zero-order chi connectivity index (χ0) is 13.7. The molecule has 1 atom stereocenters. The Morgan fingerprint density at radius 3 is 2.72 bits per heavy atom. The van der Waals surface area contributed by atoms with Gasteiger partial charge in [-0.15, -0.1) is 0 Å². The van der Waals surface area contributed by atoms with Crippen LogP contribution in [0.25, 0.3) is 0 Å². The van der Waals surface area contributed by atoms with Crippen molar-refractivity contribution in [2.45, 2.75) is 25.8 Å². The summed E-state index contributed by atoms with van der Waals surface area (Å²) in [5, 5.41) is 11.6. The molecule has 0 bridgehead atoms. The number of carboxylic acid groups (broad SMARTS) is 1. The van der Waals surface area contributed by atoms with E-state index in [1.165, 1.54) is 12.1 Å². The van der Waals surface area contributed by atoms with Gasteiger partial charge in [0.2, 0.25) is 5.91 Å². The highest BCUT2D eigenvalue weighted by molar-refractivity contribution is 6.33. The summed E-state index contributed by atoms with van der Waals surface area (Å²) in [5.74, 6) is -1.34. The Kier molecular flexibility index (Phi) is 5.12. The highest BCUT2D eigenvalue weighted by atomic mass is 35.5. The van der Waals surface area contributed by atoms with Gasteiger partial charge in [0.25, 0.3) is 0 Å². The molecule has 0 saturated carbocycles. The Bertz CT molecular complexity index is 461. The predicted molar refractivity (Wildman–Crippen MR) is 69.9 cm³/mol. The Hall–Kier alpha value is -1.59. The van der Waals surface area contributed by atoms with Crippen molar-refractivity contribution in [1.29, 1.82) is 0 Å². The maximum Gasteiger partial charge on any atom is 0.337 e. The van der Waals surface area contributed by atoms with Crippen molar-refractivity contribution in [2.75, 3.05) is 5.32 Å². The maximum atomic E-state index is 11.5. The number of aromatic carboxylic acids is 1. The zero-order valence-electron chi connectivity index (χ0n) is 9.94. The van der Waals surface area contributed by atoms with Crippen LogP contribution in [0.15, 0.2) is 18.2 Å². The van der Waals surface area contributed by atoms with Gasteiger partial charge < -0.3 is 16.2 Å². The molecular formula is C12H15ClN2O3. The van der Waals surface area contributed by atoms with Crippen LogP contribution in [0.2, 0.25) is 5.02 Å². The van der Waals surface area contributed by atoms with Gasteiger partial charge in [0.1, 0.15) is 0 Å². The quantitative estimate of drug-likeness (QED) is 0.764. The third-order valence-corrected chi connectivity index (χ3v) is 2.64. The average molecular weight is 271 g/mol. The van der Waals surface area contributed by atoms with Crippen molar-refractivity contribution in [1.82, 2.24) is 0 Å². The van der Waals surface area contributed by atoms with Crippen LogP contribution >= 0.6 is 11.6 Å². The number of anilines is 1. The zero-order valence-corrected chi connectivity index (χ0v) is 10.7. The fourth-order valence-electron chi connectivity index (χ4n) is 1.35. The van der Waals surface area contributed by atoms with Crippen molar-refractivity contribution >= 4 is 29.2 Å². The number of hydrogen-bond donors (Lipinski definition) is 3. The Labute approximate surface area is 110 Å². The van der Waals surface area contributed by atoms with Crippen LogP contribution in [-0.4, -0.2) is 23.0 Å². The molecule has 0 radical (unpaired) electrons. The molecule has 98 valence electrons. The number of amides is 1. The predicted octanol–water partition coefficient (Wildman–Crippen LogP) is 2.10. The highest BCUT2D eigenvalue weighted by Gasteiger charge is 2.11. The summed E-state index contributed by atoms with van der Waals surface area (Å²) in [6.07, 6.45) is 0.869. The van der Waals surface area contributed by atoms with Crippen molar-refractivity contribution < 1.29 is 14.7 Å². The van der Waals surface area contributed by atoms with Crippen LogP contribution in [0.5, 0.6) is 0 Å². The van der Waals surface area contributed by atoms with Gasteiger partial charge >= 0.3 is 5.97 Å². The van der Waals surface area contributed by atoms with Gasteiger partial charge in [0.05, 0.1) is 10.6 Å². The van der Waals surface area contributed by atoms with Crippen molar-refractivity contribution in [3.8, 4) is 0 Å². The van der Waals surface area contributed by atoms with Crippen LogP contribution in [0.3, 0.4) is 0 Å². The highest BCUT2D eigenvalue weighted by Crippen LogP contribution is 2.20. The average Bonchev–Trinajstić information content (AvgIpc) is 2.28. The molecule has 1 aromatic carbocycles. The third-order valence-electron chi connectivity index (χ3n) is 2.31. The first kappa shape index (κ1) is 14.5. The summed E-state index contributed by atoms with van der Waals surface area (Å²) >= 11 is 5.72. The number of carbonyl (C=O) groups excluding carboxylic acids is 1. The minimum Gasteiger partial charge on any atom is -0.478 e. The standard InChI is InChI=1S/C12H15ClN2O3/c1-7(14)2-5-11(16)15-8-3-4-10(13)9(6-8)12(17)18/h3-4,6-7H,2,5,14H2,1H3,(H,15,16)(H,17,18). The van der Waals surface area contributed by atoms with E-state index < -0.39 is 5.97 Å². The van der Waals surface area contributed by atoms with Gasteiger partial charge in [0.15, 0.2) is 0 Å². The molecular weight excluding hydrogens is 256 g/mol. The van der Waals surface area contributed by atoms with Crippen LogP contribution in [0.1, 0.15) is 30.1 Å². The topological polar surface area (TPSA) is 92.4 Å². The van der Waals surface area contributed by atoms with E-state index in [0.29, 0.717) is 18.5 Å². The van der Waals surface area contributed by atoms with Gasteiger partial charge in [-0.3, -0.25) is 4.79 Å². The molecule has 0 aliphatic heterocycles. The molecule has 5 nitrogen and oxygen atoms in total. The Morgan fingerprint density at radius 1 is 1.50 bits per heavy atom. The molecule has 0 aliphatic rings. The normalized spacial score (nSPS) is 11.9. The van der Waals surface area contributed by atoms with Crippen molar-refractivity contribution in [3.05, 3.63) is 28.8 Å². The SMILES string of the molecule is CC(N)CCC(=O)Nc1ccc(Cl)c(C(=O)O)c1. The summed E-state index contributed by atoms with van der Waals surface area (Å²) in [6, 6.07) is 4.27. The van der Waals surface area contributed by atoms with Crippen LogP contribution in [0, 0.1) is 0 Å². The number of nitrogens with one attached hydrogen (secondary N) is 1. The van der Waals surface area contributed by atoms with Crippen molar-refractivity contribution in [3.63, 3.8) is 0 Å². The molecule has 0 aliphatic carbocycles. The second kappa shape index (κ2) is 6.37. The van der Waals surface area contributed by atoms with E-state index in [1.807, 2.05) is 6.92 Å². The number of carboxylic acids is 1. The molecule has 0 spiro atoms. The lowest BCUT2D eigenvalue weighted by Crippen LogP contribution is -2.19. The number of nitrogens with two attached hydrogens (primary N) is 1. The van der Waals surface area contributed by atoms with Crippen LogP contribution in [0.4, 0.5) is 5.69 Å². The molecule has 1 unspecified atom stereocenters. The molecule has 4 N–H and O–H groups in total. The van der Waals surface area contributed by atoms with Gasteiger partial charge in [-0.05, 0) is 31.5 Å². The molecule has 0 fully saturated rings. The first-order valence-electron chi connectivity index (χ1n) is 5.48. The van der Waals surface area contributed by atoms with Gasteiger partial charge in [-0.2, -0.15) is 0 Å². The Morgan fingerprint density at radius 2 is 2.17 bits per heavy atom. The first-order chi connectivity index (χ1) is 8.40. The molecule has 0 heterocycles. The number of hydrogen-bond acceptors (Lipinski definition) is 3. The lowest BCUT2D eigenvalue weighted by Gasteiger charge is -2.08. The lowest BCUT2D eigenvalue weighted by atomic mass is 10.1. The minimum absolute atomic E-state index is 0.0401. The third kappa shape index (κ3) is 4.35. The molecule has 1 rings (SSSR count). The van der Waals surface area contributed by atoms with E-state index in [2.05, 4.69) is 5.32 Å². The maximum absolute atomic E-state index is 11.5. The fourth-order valence-corrected chi connectivity index (χ4v) is 1.55. The number of benzene rings is 1. The molecule has 1 aromatic rings. The van der Waals surface area contributed by atoms with E-state index in [9.17, 15) is 9.59 Å². The van der Waals surface area contributed by atoms with E-state index in [1.54, 1.807) is 6.07 Å². The smallest absolute Gasteiger partial charge is 0.337 e. The second-order valence-corrected chi connectivity index (χ2v) is 4.47. The summed E-state index contributed by atoms with van der Waals surface area (Å²) in [7, 11) is 0. The van der Waals surface area contributed by atoms with Crippen molar-refractivity contribution in [2.24, 2.45) is 5.73 Å². The Balaban J connectivity index is 2.70. The molecule has 1 amide bonds. The van der Waals surface area contributed by atoms with Gasteiger partial charge in [-0.1, -0.05) is 11.6 Å². The van der Waals surface area contributed by atoms with Crippen LogP contribution < -0.4 is 11.1 Å². The van der Waals surface area contributed by atoms with Gasteiger partial charge in [0, 0.05) is 18.2 Å². The molecule has 6 heteroatoms. The summed E-state index contributed by atoms with van der Waals surface area (Å²) in [5.41, 5.74) is 5.91. The largest absolute Gasteiger partial charge is 0.478 e. The number of carbonyl (C=O) groups is 2. The summed E-state index contributed by atoms with van der Waals surface area (Å²) in [4.78, 5) is 22.4. The summed E-state index contributed by atoms with van der Waals surface area (Å²) in [6.45, 7) is 1.82. The lowest BCUT2D eigenvalue weighted by molar-refractivity contribution is -0.116. The number of halogens is 1. The molecule has 0 aromatic heterocycles. The van der Waals surface area contributed by atoms with E-state index in [0.717, 1.165) is 0 Å². The van der Waals surface area contributed by atoms with E-state index in [-0.39, 0.29) is 22.5 Å². The molecule has 18 heavy (non-hydrogen) atoms. The number of rotatable bonds is 5. The fraction of sp³-hybridized carbons (Fsp3) is 0.333. The van der Waals surface area contributed by atoms with E-state index >= 15 is 0 Å². The second-order valence-electron chi connectivity index (χ2n) is 4.06. The minimum atomic E-state index is -1.13. The van der Waals surface area contributed by atoms with E-state index in [4.69, 9.17) is 22.4 Å². The monoisotopic (exact) mass is 270 g/mol. The summed E-state index contributed by atoms with van der Waals surface area (Å²) < 4.78 is 0.